The molecule has 6 atom stereocenters. The largest absolute Gasteiger partial charge is 0.479 e. The number of ketones is 1. The van der Waals surface area contributed by atoms with Gasteiger partial charge in [-0.15, -0.1) is 0 Å². The zero-order valence-corrected chi connectivity index (χ0v) is 15.7. The van der Waals surface area contributed by atoms with E-state index in [9.17, 15) is 34.8 Å². The Kier molecular flexibility index (Phi) is 6.19. The second-order valence-corrected chi connectivity index (χ2v) is 6.96. The summed E-state index contributed by atoms with van der Waals surface area (Å²) >= 11 is 0. The minimum atomic E-state index is -2.33. The second kappa shape index (κ2) is 8.50. The third-order valence-electron chi connectivity index (χ3n) is 4.76. The molecule has 162 valence electrons. The van der Waals surface area contributed by atoms with Crippen LogP contribution in [0.4, 0.5) is 0 Å². The number of ether oxygens (including phenoxy) is 2. The van der Waals surface area contributed by atoms with Crippen molar-refractivity contribution in [2.45, 2.75) is 50.2 Å². The predicted molar refractivity (Wildman–Crippen MR) is 97.8 cm³/mol. The molecule has 1 unspecified atom stereocenters. The lowest BCUT2D eigenvalue weighted by molar-refractivity contribution is -0.226. The van der Waals surface area contributed by atoms with Gasteiger partial charge in [0.2, 0.25) is 5.78 Å². The topological polar surface area (TPSA) is 184 Å². The SMILES string of the molecule is Cc1cc(=O)oc2cc(OC3O[C@H]([C@H](O)[C@H](O)[C@H](O)C(=O)O)[C@H](O)CC3=O)ccc12. The summed E-state index contributed by atoms with van der Waals surface area (Å²) in [6, 6.07) is 5.77. The van der Waals surface area contributed by atoms with E-state index >= 15 is 0 Å². The van der Waals surface area contributed by atoms with E-state index in [4.69, 9.17) is 19.0 Å². The highest BCUT2D eigenvalue weighted by Crippen LogP contribution is 2.27. The normalized spacial score (nSPS) is 25.0. The molecule has 30 heavy (non-hydrogen) atoms. The number of carbonyl (C=O) groups is 2. The van der Waals surface area contributed by atoms with Crippen LogP contribution < -0.4 is 10.4 Å². The first-order valence-corrected chi connectivity index (χ1v) is 8.93. The second-order valence-electron chi connectivity index (χ2n) is 6.96. The van der Waals surface area contributed by atoms with Crippen molar-refractivity contribution in [1.82, 2.24) is 0 Å². The van der Waals surface area contributed by atoms with Crippen molar-refractivity contribution in [3.8, 4) is 5.75 Å². The maximum absolute atomic E-state index is 12.2. The van der Waals surface area contributed by atoms with Gasteiger partial charge < -0.3 is 39.4 Å². The summed E-state index contributed by atoms with van der Waals surface area (Å²) in [5, 5.41) is 48.7. The van der Waals surface area contributed by atoms with Crippen molar-refractivity contribution in [2.75, 3.05) is 0 Å². The van der Waals surface area contributed by atoms with Crippen molar-refractivity contribution < 1.29 is 49.0 Å². The third kappa shape index (κ3) is 4.35. The fourth-order valence-corrected chi connectivity index (χ4v) is 3.16. The van der Waals surface area contributed by atoms with Gasteiger partial charge in [-0.05, 0) is 24.6 Å². The molecule has 0 saturated carbocycles. The number of aryl methyl sites for hydroxylation is 1. The molecule has 1 saturated heterocycles. The van der Waals surface area contributed by atoms with Crippen LogP contribution in [0.1, 0.15) is 12.0 Å². The van der Waals surface area contributed by atoms with Gasteiger partial charge >= 0.3 is 11.6 Å². The highest BCUT2D eigenvalue weighted by Gasteiger charge is 2.45. The third-order valence-corrected chi connectivity index (χ3v) is 4.76. The molecule has 2 heterocycles. The van der Waals surface area contributed by atoms with Gasteiger partial charge in [0.15, 0.2) is 6.10 Å². The average molecular weight is 424 g/mol. The lowest BCUT2D eigenvalue weighted by Gasteiger charge is -2.37. The molecule has 1 aromatic heterocycles. The van der Waals surface area contributed by atoms with Crippen LogP contribution in [0, 0.1) is 6.92 Å². The minimum absolute atomic E-state index is 0.0883. The quantitative estimate of drug-likeness (QED) is 0.347. The van der Waals surface area contributed by atoms with Crippen LogP contribution in [-0.4, -0.2) is 74.1 Å². The molecule has 1 aromatic carbocycles. The molecule has 5 N–H and O–H groups in total. The Balaban J connectivity index is 1.80. The lowest BCUT2D eigenvalue weighted by Crippen LogP contribution is -2.57. The molecule has 11 nitrogen and oxygen atoms in total. The number of aliphatic hydroxyl groups excluding tert-OH is 4. The number of benzene rings is 1. The number of hydrogen-bond donors (Lipinski definition) is 5. The Hall–Kier alpha value is -2.83. The maximum atomic E-state index is 12.2. The molecule has 1 aliphatic heterocycles. The molecule has 0 bridgehead atoms. The van der Waals surface area contributed by atoms with E-state index in [1.807, 2.05) is 0 Å². The van der Waals surface area contributed by atoms with E-state index < -0.39 is 60.6 Å². The van der Waals surface area contributed by atoms with Crippen LogP contribution in [0.2, 0.25) is 0 Å². The highest BCUT2D eigenvalue weighted by molar-refractivity contribution is 5.84. The molecule has 1 fully saturated rings. The first kappa shape index (κ1) is 21.9. The molecule has 3 rings (SSSR count). The van der Waals surface area contributed by atoms with E-state index in [0.29, 0.717) is 10.9 Å². The Labute approximate surface area is 168 Å². The highest BCUT2D eigenvalue weighted by atomic mass is 16.7. The average Bonchev–Trinajstić information content (AvgIpc) is 2.67. The van der Waals surface area contributed by atoms with Crippen molar-refractivity contribution in [3.63, 3.8) is 0 Å². The first-order chi connectivity index (χ1) is 14.1. The van der Waals surface area contributed by atoms with Crippen LogP contribution in [0.15, 0.2) is 33.5 Å². The molecular formula is C19H20O11. The summed E-state index contributed by atoms with van der Waals surface area (Å²) in [5.74, 6) is -2.38. The van der Waals surface area contributed by atoms with Crippen LogP contribution in [-0.2, 0) is 14.3 Å². The number of aliphatic carboxylic acids is 1. The molecule has 2 aromatic rings. The van der Waals surface area contributed by atoms with Crippen molar-refractivity contribution in [2.24, 2.45) is 0 Å². The summed E-state index contributed by atoms with van der Waals surface area (Å²) < 4.78 is 15.8. The number of aliphatic hydroxyl groups is 4. The van der Waals surface area contributed by atoms with Gasteiger partial charge in [-0.2, -0.15) is 0 Å². The molecule has 11 heteroatoms. The van der Waals surface area contributed by atoms with Crippen LogP contribution in [0.3, 0.4) is 0 Å². The zero-order valence-electron chi connectivity index (χ0n) is 15.7. The monoisotopic (exact) mass is 424 g/mol. The summed E-state index contributed by atoms with van der Waals surface area (Å²) in [6.45, 7) is 1.72. The maximum Gasteiger partial charge on any atom is 0.336 e. The van der Waals surface area contributed by atoms with Crippen LogP contribution in [0.5, 0.6) is 5.75 Å². The van der Waals surface area contributed by atoms with Gasteiger partial charge in [-0.1, -0.05) is 0 Å². The molecule has 0 radical (unpaired) electrons. The summed E-state index contributed by atoms with van der Waals surface area (Å²) in [6.07, 6.45) is -11.8. The molecule has 0 aliphatic carbocycles. The van der Waals surface area contributed by atoms with Gasteiger partial charge in [-0.25, -0.2) is 9.59 Å². The van der Waals surface area contributed by atoms with E-state index in [2.05, 4.69) is 0 Å². The first-order valence-electron chi connectivity index (χ1n) is 8.93. The molecule has 0 spiro atoms. The standard InChI is InChI=1S/C19H20O11/c1-7-4-13(22)29-12-5-8(2-3-9(7)12)28-19-11(21)6-10(20)17(30-19)15(24)14(23)16(25)18(26)27/h2-5,10,14-17,19-20,23-25H,6H2,1H3,(H,26,27)/t10-,14+,15-,16+,17+,19?/m1/s1. The molecular weight excluding hydrogens is 404 g/mol. The number of Topliss-reactive ketones (excluding diaryl/α,β-unsaturated/α-hetero) is 1. The smallest absolute Gasteiger partial charge is 0.336 e. The van der Waals surface area contributed by atoms with E-state index in [1.165, 1.54) is 18.2 Å². The molecule has 1 aliphatic rings. The summed E-state index contributed by atoms with van der Waals surface area (Å²) in [7, 11) is 0. The van der Waals surface area contributed by atoms with Crippen molar-refractivity contribution >= 4 is 22.7 Å². The van der Waals surface area contributed by atoms with Crippen molar-refractivity contribution in [1.29, 1.82) is 0 Å². The number of hydrogen-bond acceptors (Lipinski definition) is 10. The van der Waals surface area contributed by atoms with Crippen molar-refractivity contribution in [3.05, 3.63) is 40.2 Å². The fraction of sp³-hybridized carbons (Fsp3) is 0.421. The summed E-state index contributed by atoms with van der Waals surface area (Å²) in [4.78, 5) is 34.5. The fourth-order valence-electron chi connectivity index (χ4n) is 3.16. The van der Waals surface area contributed by atoms with Gasteiger partial charge in [0.05, 0.1) is 6.10 Å². The van der Waals surface area contributed by atoms with E-state index in [0.717, 1.165) is 0 Å². The minimum Gasteiger partial charge on any atom is -0.479 e. The zero-order chi connectivity index (χ0) is 22.2. The van der Waals surface area contributed by atoms with Crippen LogP contribution in [0.25, 0.3) is 11.0 Å². The number of carboxylic acid groups (broad SMARTS) is 1. The van der Waals surface area contributed by atoms with Crippen LogP contribution >= 0.6 is 0 Å². The lowest BCUT2D eigenvalue weighted by atomic mass is 9.94. The number of rotatable bonds is 6. The van der Waals surface area contributed by atoms with E-state index in [1.54, 1.807) is 13.0 Å². The Morgan fingerprint density at radius 3 is 2.57 bits per heavy atom. The van der Waals surface area contributed by atoms with E-state index in [-0.39, 0.29) is 11.3 Å². The number of carbonyl (C=O) groups excluding carboxylic acids is 1. The molecule has 0 amide bonds. The Morgan fingerprint density at radius 2 is 1.90 bits per heavy atom. The Bertz CT molecular complexity index is 1010. The number of carboxylic acids is 1. The number of fused-ring (bicyclic) bond motifs is 1. The predicted octanol–water partition coefficient (Wildman–Crippen LogP) is -1.31. The van der Waals surface area contributed by atoms with Gasteiger partial charge in [0.25, 0.3) is 6.29 Å². The van der Waals surface area contributed by atoms with Gasteiger partial charge in [0.1, 0.15) is 29.6 Å². The van der Waals surface area contributed by atoms with Gasteiger partial charge in [0, 0.05) is 23.9 Å². The van der Waals surface area contributed by atoms with Gasteiger partial charge in [-0.3, -0.25) is 4.79 Å². The Morgan fingerprint density at radius 1 is 1.20 bits per heavy atom. The summed E-state index contributed by atoms with van der Waals surface area (Å²) in [5.41, 5.74) is 0.312.